The molecule has 176 valence electrons. The van der Waals surface area contributed by atoms with Gasteiger partial charge in [0.2, 0.25) is 0 Å². The fourth-order valence-electron chi connectivity index (χ4n) is 8.44. The SMILES string of the molecule is CC(=O)O[C@H]1C[C@@H]2C(C)(C)C(=O)C=C[C@]2(C)[C@@H]2CC[C@]3(C)C(=CC(=O)[C@H]3c3ccoc3)[C@]12C. The van der Waals surface area contributed by atoms with Crippen LogP contribution in [0.15, 0.2) is 46.8 Å². The molecule has 2 saturated carbocycles. The predicted octanol–water partition coefficient (Wildman–Crippen LogP) is 5.42. The molecule has 1 aromatic rings. The summed E-state index contributed by atoms with van der Waals surface area (Å²) in [6, 6.07) is 1.89. The number of furan rings is 1. The number of fused-ring (bicyclic) bond motifs is 5. The molecule has 1 aromatic heterocycles. The second-order valence-electron chi connectivity index (χ2n) is 11.9. The lowest BCUT2D eigenvalue weighted by molar-refractivity contribution is -0.187. The van der Waals surface area contributed by atoms with E-state index in [1.165, 1.54) is 6.92 Å². The minimum absolute atomic E-state index is 0.0525. The Morgan fingerprint density at radius 2 is 1.85 bits per heavy atom. The Labute approximate surface area is 195 Å². The molecule has 33 heavy (non-hydrogen) atoms. The Hall–Kier alpha value is -2.43. The Morgan fingerprint density at radius 1 is 1.12 bits per heavy atom. The summed E-state index contributed by atoms with van der Waals surface area (Å²) in [5.74, 6) is -0.177. The summed E-state index contributed by atoms with van der Waals surface area (Å²) in [6.07, 6.45) is 11.0. The highest BCUT2D eigenvalue weighted by Crippen LogP contribution is 2.72. The van der Waals surface area contributed by atoms with Gasteiger partial charge in [-0.1, -0.05) is 40.7 Å². The zero-order valence-corrected chi connectivity index (χ0v) is 20.4. The summed E-state index contributed by atoms with van der Waals surface area (Å²) < 4.78 is 11.4. The number of allylic oxidation sites excluding steroid dienone is 3. The van der Waals surface area contributed by atoms with Crippen molar-refractivity contribution in [3.63, 3.8) is 0 Å². The van der Waals surface area contributed by atoms with Crippen LogP contribution in [0.4, 0.5) is 0 Å². The van der Waals surface area contributed by atoms with Gasteiger partial charge in [-0.3, -0.25) is 14.4 Å². The lowest BCUT2D eigenvalue weighted by Gasteiger charge is -2.66. The smallest absolute Gasteiger partial charge is 0.302 e. The normalized spacial score (nSPS) is 43.4. The quantitative estimate of drug-likeness (QED) is 0.563. The van der Waals surface area contributed by atoms with Gasteiger partial charge < -0.3 is 9.15 Å². The largest absolute Gasteiger partial charge is 0.472 e. The summed E-state index contributed by atoms with van der Waals surface area (Å²) in [5.41, 5.74) is 0.363. The molecule has 0 bridgehead atoms. The molecule has 5 rings (SSSR count). The zero-order chi connectivity index (χ0) is 24.0. The van der Waals surface area contributed by atoms with E-state index >= 15 is 0 Å². The first-order valence-corrected chi connectivity index (χ1v) is 12.1. The number of hydrogen-bond acceptors (Lipinski definition) is 5. The third kappa shape index (κ3) is 2.74. The second kappa shape index (κ2) is 6.80. The number of rotatable bonds is 2. The van der Waals surface area contributed by atoms with Gasteiger partial charge in [-0.2, -0.15) is 0 Å². The summed E-state index contributed by atoms with van der Waals surface area (Å²) in [6.45, 7) is 12.1. The molecular weight excluding hydrogens is 416 g/mol. The molecule has 5 heteroatoms. The van der Waals surface area contributed by atoms with Crippen LogP contribution in [-0.4, -0.2) is 23.6 Å². The molecule has 4 aliphatic carbocycles. The van der Waals surface area contributed by atoms with Crippen LogP contribution in [0.3, 0.4) is 0 Å². The molecule has 5 nitrogen and oxygen atoms in total. The predicted molar refractivity (Wildman–Crippen MR) is 123 cm³/mol. The minimum atomic E-state index is -0.539. The highest BCUT2D eigenvalue weighted by atomic mass is 16.5. The van der Waals surface area contributed by atoms with Crippen LogP contribution in [0.2, 0.25) is 0 Å². The van der Waals surface area contributed by atoms with Gasteiger partial charge in [0.25, 0.3) is 0 Å². The maximum atomic E-state index is 13.4. The molecule has 0 aromatic carbocycles. The highest BCUT2D eigenvalue weighted by molar-refractivity contribution is 6.01. The van der Waals surface area contributed by atoms with Gasteiger partial charge in [0.05, 0.1) is 18.4 Å². The van der Waals surface area contributed by atoms with Crippen LogP contribution < -0.4 is 0 Å². The van der Waals surface area contributed by atoms with E-state index in [0.717, 1.165) is 24.0 Å². The molecule has 0 amide bonds. The van der Waals surface area contributed by atoms with Gasteiger partial charge in [-0.15, -0.1) is 0 Å². The van der Waals surface area contributed by atoms with E-state index in [1.54, 1.807) is 18.6 Å². The van der Waals surface area contributed by atoms with Crippen molar-refractivity contribution < 1.29 is 23.5 Å². The summed E-state index contributed by atoms with van der Waals surface area (Å²) in [5, 5.41) is 0. The molecule has 0 saturated heterocycles. The third-order valence-corrected chi connectivity index (χ3v) is 9.99. The van der Waals surface area contributed by atoms with Crippen molar-refractivity contribution in [3.05, 3.63) is 48.0 Å². The summed E-state index contributed by atoms with van der Waals surface area (Å²) in [4.78, 5) is 38.6. The second-order valence-corrected chi connectivity index (χ2v) is 11.9. The lowest BCUT2D eigenvalue weighted by Crippen LogP contribution is -2.64. The van der Waals surface area contributed by atoms with Crippen molar-refractivity contribution in [1.82, 2.24) is 0 Å². The molecule has 0 radical (unpaired) electrons. The van der Waals surface area contributed by atoms with Crippen LogP contribution >= 0.6 is 0 Å². The van der Waals surface area contributed by atoms with Crippen LogP contribution in [-0.2, 0) is 19.1 Å². The van der Waals surface area contributed by atoms with Crippen LogP contribution in [0.1, 0.15) is 72.3 Å². The first kappa shape index (κ1) is 22.4. The van der Waals surface area contributed by atoms with Crippen LogP contribution in [0, 0.1) is 33.5 Å². The van der Waals surface area contributed by atoms with Crippen molar-refractivity contribution in [1.29, 1.82) is 0 Å². The number of esters is 1. The van der Waals surface area contributed by atoms with E-state index in [0.29, 0.717) is 6.42 Å². The fourth-order valence-corrected chi connectivity index (χ4v) is 8.44. The van der Waals surface area contributed by atoms with E-state index in [1.807, 2.05) is 26.0 Å². The number of ketones is 2. The number of carbonyl (C=O) groups excluding carboxylic acids is 3. The molecule has 0 aliphatic heterocycles. The number of hydrogen-bond donors (Lipinski definition) is 0. The van der Waals surface area contributed by atoms with Crippen molar-refractivity contribution in [3.8, 4) is 0 Å². The van der Waals surface area contributed by atoms with E-state index < -0.39 is 16.9 Å². The average molecular weight is 451 g/mol. The molecule has 1 heterocycles. The Morgan fingerprint density at radius 3 is 2.48 bits per heavy atom. The maximum Gasteiger partial charge on any atom is 0.302 e. The molecule has 0 N–H and O–H groups in total. The Balaban J connectivity index is 1.68. The van der Waals surface area contributed by atoms with Crippen molar-refractivity contribution >= 4 is 17.5 Å². The monoisotopic (exact) mass is 450 g/mol. The van der Waals surface area contributed by atoms with Gasteiger partial charge in [0.1, 0.15) is 6.10 Å². The number of carbonyl (C=O) groups is 3. The third-order valence-electron chi connectivity index (χ3n) is 9.99. The van der Waals surface area contributed by atoms with Crippen molar-refractivity contribution in [2.75, 3.05) is 0 Å². The average Bonchev–Trinajstić information content (AvgIpc) is 3.32. The topological polar surface area (TPSA) is 73.6 Å². The fraction of sp³-hybridized carbons (Fsp3) is 0.607. The molecule has 2 fully saturated rings. The molecule has 0 spiro atoms. The van der Waals surface area contributed by atoms with E-state index in [9.17, 15) is 14.4 Å². The first-order chi connectivity index (χ1) is 15.4. The van der Waals surface area contributed by atoms with Gasteiger partial charge >= 0.3 is 5.97 Å². The van der Waals surface area contributed by atoms with Crippen LogP contribution in [0.25, 0.3) is 0 Å². The molecular formula is C28H34O5. The van der Waals surface area contributed by atoms with Crippen molar-refractivity contribution in [2.45, 2.75) is 72.8 Å². The lowest BCUT2D eigenvalue weighted by atomic mass is 9.38. The zero-order valence-electron chi connectivity index (χ0n) is 20.4. The first-order valence-electron chi connectivity index (χ1n) is 12.1. The highest BCUT2D eigenvalue weighted by Gasteiger charge is 2.69. The maximum absolute atomic E-state index is 13.4. The number of ether oxygens (including phenoxy) is 1. The standard InChI is InChI=1S/C28H34O5/c1-16(29)33-23-14-20-25(2,3)22(31)8-11-26(20,4)19-7-10-27(5)21(28(19,23)6)13-18(30)24(27)17-9-12-32-15-17/h8-9,11-13,15,19-20,23-24H,7,10,14H2,1-6H3/t19-,20+,23-,24+,26+,27+,28+/m0/s1. The van der Waals surface area contributed by atoms with Gasteiger partial charge in [-0.05, 0) is 60.3 Å². The minimum Gasteiger partial charge on any atom is -0.472 e. The van der Waals surface area contributed by atoms with Gasteiger partial charge in [0.15, 0.2) is 11.6 Å². The molecule has 7 atom stereocenters. The molecule has 4 aliphatic rings. The van der Waals surface area contributed by atoms with Crippen molar-refractivity contribution in [2.24, 2.45) is 33.5 Å². The van der Waals surface area contributed by atoms with Crippen LogP contribution in [0.5, 0.6) is 0 Å². The molecule has 0 unspecified atom stereocenters. The van der Waals surface area contributed by atoms with E-state index in [2.05, 4.69) is 26.8 Å². The Kier molecular flexibility index (Phi) is 4.61. The van der Waals surface area contributed by atoms with E-state index in [4.69, 9.17) is 9.15 Å². The van der Waals surface area contributed by atoms with Gasteiger partial charge in [0, 0.05) is 28.7 Å². The Bertz CT molecular complexity index is 1090. The summed E-state index contributed by atoms with van der Waals surface area (Å²) in [7, 11) is 0. The van der Waals surface area contributed by atoms with E-state index in [-0.39, 0.29) is 46.1 Å². The summed E-state index contributed by atoms with van der Waals surface area (Å²) >= 11 is 0. The van der Waals surface area contributed by atoms with Gasteiger partial charge in [-0.25, -0.2) is 0 Å².